The lowest BCUT2D eigenvalue weighted by Crippen LogP contribution is -2.25. The highest BCUT2D eigenvalue weighted by atomic mass is 16.5. The summed E-state index contributed by atoms with van der Waals surface area (Å²) in [6.45, 7) is 3.77. The first-order valence-electron chi connectivity index (χ1n) is 15.4. The number of rotatable bonds is 12. The molecule has 2 aromatic heterocycles. The minimum atomic E-state index is 0.184. The average Bonchev–Trinajstić information content (AvgIpc) is 3.53. The van der Waals surface area contributed by atoms with E-state index in [1.807, 2.05) is 59.3 Å². The molecule has 2 atom stereocenters. The van der Waals surface area contributed by atoms with Gasteiger partial charge in [0, 0.05) is 30.3 Å². The molecule has 1 saturated carbocycles. The van der Waals surface area contributed by atoms with Crippen molar-refractivity contribution in [3.05, 3.63) is 89.7 Å². The Kier molecular flexibility index (Phi) is 9.28. The molecular weight excluding hydrogens is 568 g/mol. The van der Waals surface area contributed by atoms with Gasteiger partial charge in [-0.3, -0.25) is 0 Å². The number of fused-ring (bicyclic) bond motifs is 1. The number of benzene rings is 3. The van der Waals surface area contributed by atoms with E-state index in [1.165, 1.54) is 0 Å². The molecule has 6 rings (SSSR count). The monoisotopic (exact) mass is 608 g/mol. The van der Waals surface area contributed by atoms with Crippen LogP contribution in [-0.2, 0) is 13.1 Å². The highest BCUT2D eigenvalue weighted by Crippen LogP contribution is 2.36. The fraction of sp³-hybridized carbons (Fsp3) is 0.371. The number of aryl methyl sites for hydroxylation is 1. The first kappa shape index (κ1) is 30.2. The smallest absolute Gasteiger partial charge is 0.184 e. The van der Waals surface area contributed by atoms with E-state index < -0.39 is 0 Å². The Morgan fingerprint density at radius 2 is 1.58 bits per heavy atom. The zero-order valence-corrected chi connectivity index (χ0v) is 26.3. The number of aromatic nitrogens is 5. The summed E-state index contributed by atoms with van der Waals surface area (Å²) < 4.78 is 25.1. The second-order valence-electron chi connectivity index (χ2n) is 11.6. The van der Waals surface area contributed by atoms with E-state index in [0.29, 0.717) is 36.9 Å². The number of nitrogens with zero attached hydrogens (tertiary/aromatic N) is 6. The van der Waals surface area contributed by atoms with Gasteiger partial charge in [-0.15, -0.1) is 5.10 Å². The zero-order chi connectivity index (χ0) is 31.2. The second-order valence-corrected chi connectivity index (χ2v) is 11.6. The Hall–Kier alpha value is -4.86. The van der Waals surface area contributed by atoms with Crippen molar-refractivity contribution in [1.29, 1.82) is 0 Å². The molecule has 10 nitrogen and oxygen atoms in total. The molecule has 1 aliphatic rings. The van der Waals surface area contributed by atoms with Crippen LogP contribution in [-0.4, -0.2) is 52.9 Å². The van der Waals surface area contributed by atoms with Crippen molar-refractivity contribution in [2.75, 3.05) is 32.8 Å². The molecule has 2 heterocycles. The Morgan fingerprint density at radius 3 is 2.33 bits per heavy atom. The molecule has 0 amide bonds. The van der Waals surface area contributed by atoms with E-state index in [2.05, 4.69) is 34.3 Å². The normalized spacial score (nSPS) is 16.4. The number of methoxy groups -OCH3 is 3. The summed E-state index contributed by atoms with van der Waals surface area (Å²) in [4.78, 5) is 11.6. The fourth-order valence-corrected chi connectivity index (χ4v) is 6.18. The molecule has 0 bridgehead atoms. The van der Waals surface area contributed by atoms with Crippen molar-refractivity contribution < 1.29 is 18.9 Å². The maximum Gasteiger partial charge on any atom is 0.184 e. The van der Waals surface area contributed by atoms with Gasteiger partial charge in [0.15, 0.2) is 17.0 Å². The van der Waals surface area contributed by atoms with Crippen LogP contribution in [0.1, 0.15) is 48.4 Å². The maximum absolute atomic E-state index is 6.12. The number of hydrogen-bond acceptors (Lipinski definition) is 9. The van der Waals surface area contributed by atoms with Crippen LogP contribution in [0.5, 0.6) is 23.0 Å². The van der Waals surface area contributed by atoms with Gasteiger partial charge in [0.25, 0.3) is 0 Å². The van der Waals surface area contributed by atoms with Crippen molar-refractivity contribution >= 4 is 17.0 Å². The maximum atomic E-state index is 6.12. The summed E-state index contributed by atoms with van der Waals surface area (Å²) in [6.07, 6.45) is 5.82. The van der Waals surface area contributed by atoms with Crippen LogP contribution in [0.25, 0.3) is 11.2 Å². The lowest BCUT2D eigenvalue weighted by Gasteiger charge is -2.29. The van der Waals surface area contributed by atoms with Crippen LogP contribution in [0, 0.1) is 12.8 Å². The van der Waals surface area contributed by atoms with E-state index in [4.69, 9.17) is 28.9 Å². The Bertz CT molecular complexity index is 1730. The van der Waals surface area contributed by atoms with Crippen molar-refractivity contribution in [2.45, 2.75) is 51.7 Å². The SMILES string of the molecule is COc1ccc(CN(Cc2ccc(C)cc2OC)c2ncnc3c2nnn3C2CCCC(COc3ccccc3)C2)c(OC)c1. The Labute approximate surface area is 263 Å². The molecule has 0 aliphatic heterocycles. The second kappa shape index (κ2) is 13.8. The van der Waals surface area contributed by atoms with Gasteiger partial charge in [-0.1, -0.05) is 42.0 Å². The van der Waals surface area contributed by atoms with Gasteiger partial charge in [0.05, 0.1) is 34.0 Å². The average molecular weight is 609 g/mol. The zero-order valence-electron chi connectivity index (χ0n) is 26.3. The minimum Gasteiger partial charge on any atom is -0.497 e. The third kappa shape index (κ3) is 6.79. The molecule has 0 radical (unpaired) electrons. The third-order valence-electron chi connectivity index (χ3n) is 8.53. The van der Waals surface area contributed by atoms with Crippen LogP contribution in [0.3, 0.4) is 0 Å². The molecule has 0 saturated heterocycles. The lowest BCUT2D eigenvalue weighted by atomic mass is 9.86. The van der Waals surface area contributed by atoms with Crippen LogP contribution >= 0.6 is 0 Å². The topological polar surface area (TPSA) is 96.7 Å². The molecular formula is C35H40N6O4. The van der Waals surface area contributed by atoms with E-state index in [0.717, 1.165) is 71.0 Å². The highest BCUT2D eigenvalue weighted by molar-refractivity contribution is 5.82. The largest absolute Gasteiger partial charge is 0.497 e. The van der Waals surface area contributed by atoms with Crippen LogP contribution in [0.2, 0.25) is 0 Å². The molecule has 1 fully saturated rings. The number of para-hydroxylation sites is 1. The molecule has 5 aromatic rings. The summed E-state index contributed by atoms with van der Waals surface area (Å²) in [7, 11) is 5.02. The summed E-state index contributed by atoms with van der Waals surface area (Å²) in [5.41, 5.74) is 4.54. The van der Waals surface area contributed by atoms with E-state index in [1.54, 1.807) is 27.7 Å². The number of hydrogen-bond donors (Lipinski definition) is 0. The molecule has 3 aromatic carbocycles. The molecule has 1 aliphatic carbocycles. The van der Waals surface area contributed by atoms with Crippen molar-refractivity contribution in [1.82, 2.24) is 25.0 Å². The molecule has 0 spiro atoms. The Balaban J connectivity index is 1.32. The van der Waals surface area contributed by atoms with Gasteiger partial charge in [-0.2, -0.15) is 0 Å². The predicted octanol–water partition coefficient (Wildman–Crippen LogP) is 6.57. The summed E-state index contributed by atoms with van der Waals surface area (Å²) in [5.74, 6) is 4.32. The van der Waals surface area contributed by atoms with Gasteiger partial charge in [-0.05, 0) is 68.0 Å². The van der Waals surface area contributed by atoms with Gasteiger partial charge < -0.3 is 23.8 Å². The molecule has 234 valence electrons. The summed E-state index contributed by atoms with van der Waals surface area (Å²) >= 11 is 0. The van der Waals surface area contributed by atoms with Gasteiger partial charge in [0.1, 0.15) is 29.3 Å². The minimum absolute atomic E-state index is 0.184. The van der Waals surface area contributed by atoms with Gasteiger partial charge in [0.2, 0.25) is 0 Å². The quantitative estimate of drug-likeness (QED) is 0.156. The summed E-state index contributed by atoms with van der Waals surface area (Å²) in [6, 6.07) is 22.3. The van der Waals surface area contributed by atoms with Gasteiger partial charge in [-0.25, -0.2) is 14.6 Å². The summed E-state index contributed by atoms with van der Waals surface area (Å²) in [5, 5.41) is 9.34. The van der Waals surface area contributed by atoms with Crippen molar-refractivity contribution in [3.63, 3.8) is 0 Å². The predicted molar refractivity (Wildman–Crippen MR) is 173 cm³/mol. The Morgan fingerprint density at radius 1 is 0.822 bits per heavy atom. The van der Waals surface area contributed by atoms with Crippen molar-refractivity contribution in [2.24, 2.45) is 5.92 Å². The van der Waals surface area contributed by atoms with Crippen LogP contribution in [0.15, 0.2) is 73.1 Å². The molecule has 0 N–H and O–H groups in total. The first-order chi connectivity index (χ1) is 22.1. The van der Waals surface area contributed by atoms with Crippen molar-refractivity contribution in [3.8, 4) is 23.0 Å². The van der Waals surface area contributed by atoms with E-state index >= 15 is 0 Å². The van der Waals surface area contributed by atoms with E-state index in [9.17, 15) is 0 Å². The fourth-order valence-electron chi connectivity index (χ4n) is 6.18. The standard InChI is InChI=1S/C35H40N6O4/c1-24-13-14-26(31(17-24)43-3)20-40(21-27-15-16-30(42-2)19-32(27)44-4)34-33-35(37-23-36-34)41(39-38-33)28-10-8-9-25(18-28)22-45-29-11-6-5-7-12-29/h5-7,11-17,19,23,25,28H,8-10,18,20-22H2,1-4H3. The molecule has 45 heavy (non-hydrogen) atoms. The molecule has 10 heteroatoms. The number of ether oxygens (including phenoxy) is 4. The lowest BCUT2D eigenvalue weighted by molar-refractivity contribution is 0.173. The van der Waals surface area contributed by atoms with Crippen LogP contribution in [0.4, 0.5) is 5.82 Å². The first-order valence-corrected chi connectivity index (χ1v) is 15.4. The highest BCUT2D eigenvalue weighted by Gasteiger charge is 2.28. The van der Waals surface area contributed by atoms with Gasteiger partial charge >= 0.3 is 0 Å². The van der Waals surface area contributed by atoms with E-state index in [-0.39, 0.29) is 6.04 Å². The van der Waals surface area contributed by atoms with Crippen LogP contribution < -0.4 is 23.8 Å². The molecule has 2 unspecified atom stereocenters. The third-order valence-corrected chi connectivity index (χ3v) is 8.53. The number of anilines is 1.